The van der Waals surface area contributed by atoms with Crippen LogP contribution in [0.2, 0.25) is 0 Å². The van der Waals surface area contributed by atoms with Gasteiger partial charge in [0, 0.05) is 31.6 Å². The van der Waals surface area contributed by atoms with Crippen LogP contribution < -0.4 is 5.32 Å². The zero-order valence-electron chi connectivity index (χ0n) is 12.0. The Morgan fingerprint density at radius 3 is 2.44 bits per heavy atom. The minimum Gasteiger partial charge on any atom is -0.343 e. The van der Waals surface area contributed by atoms with E-state index in [1.807, 2.05) is 11.9 Å². The zero-order chi connectivity index (χ0) is 13.0. The molecule has 2 bridgehead atoms. The van der Waals surface area contributed by atoms with Gasteiger partial charge in [-0.3, -0.25) is 4.79 Å². The van der Waals surface area contributed by atoms with Gasteiger partial charge in [-0.15, -0.1) is 0 Å². The Kier molecular flexibility index (Phi) is 5.04. The van der Waals surface area contributed by atoms with Gasteiger partial charge in [0.25, 0.3) is 0 Å². The maximum atomic E-state index is 12.1. The average Bonchev–Trinajstić information content (AvgIpc) is 2.72. The van der Waals surface area contributed by atoms with E-state index in [0.29, 0.717) is 24.0 Å². The molecule has 2 atom stereocenters. The molecule has 2 aliphatic rings. The first-order chi connectivity index (χ1) is 8.70. The molecule has 0 radical (unpaired) electrons. The molecule has 2 heterocycles. The largest absolute Gasteiger partial charge is 0.343 e. The van der Waals surface area contributed by atoms with Crippen LogP contribution in [-0.2, 0) is 4.79 Å². The molecule has 3 nitrogen and oxygen atoms in total. The average molecular weight is 252 g/mol. The van der Waals surface area contributed by atoms with Crippen LogP contribution in [-0.4, -0.2) is 36.0 Å². The Hall–Kier alpha value is -0.570. The third kappa shape index (κ3) is 3.47. The Morgan fingerprint density at radius 2 is 1.83 bits per heavy atom. The number of piperidine rings is 1. The quantitative estimate of drug-likeness (QED) is 0.737. The number of unbranched alkanes of at least 4 members (excludes halogenated alkanes) is 3. The highest BCUT2D eigenvalue weighted by Crippen LogP contribution is 2.29. The molecule has 1 N–H and O–H groups in total. The summed E-state index contributed by atoms with van der Waals surface area (Å²) < 4.78 is 0. The molecule has 2 unspecified atom stereocenters. The smallest absolute Gasteiger partial charge is 0.222 e. The summed E-state index contributed by atoms with van der Waals surface area (Å²) in [6, 6.07) is 1.83. The molecule has 18 heavy (non-hydrogen) atoms. The summed E-state index contributed by atoms with van der Waals surface area (Å²) in [5.41, 5.74) is 0. The van der Waals surface area contributed by atoms with Crippen molar-refractivity contribution in [3.63, 3.8) is 0 Å². The summed E-state index contributed by atoms with van der Waals surface area (Å²) in [4.78, 5) is 14.2. The monoisotopic (exact) mass is 252 g/mol. The topological polar surface area (TPSA) is 32.3 Å². The Bertz CT molecular complexity index is 268. The van der Waals surface area contributed by atoms with Gasteiger partial charge in [-0.25, -0.2) is 0 Å². The molecule has 2 aliphatic heterocycles. The van der Waals surface area contributed by atoms with Gasteiger partial charge in [0.2, 0.25) is 5.91 Å². The molecule has 2 saturated heterocycles. The van der Waals surface area contributed by atoms with Gasteiger partial charge >= 0.3 is 0 Å². The van der Waals surface area contributed by atoms with Crippen LogP contribution in [0.4, 0.5) is 0 Å². The third-order valence-corrected chi connectivity index (χ3v) is 4.63. The maximum Gasteiger partial charge on any atom is 0.222 e. The van der Waals surface area contributed by atoms with Gasteiger partial charge in [-0.2, -0.15) is 0 Å². The van der Waals surface area contributed by atoms with Crippen LogP contribution in [0.25, 0.3) is 0 Å². The van der Waals surface area contributed by atoms with Crippen LogP contribution in [0.1, 0.15) is 64.7 Å². The normalized spacial score (nSPS) is 30.4. The summed E-state index contributed by atoms with van der Waals surface area (Å²) in [5, 5.41) is 3.64. The van der Waals surface area contributed by atoms with Gasteiger partial charge in [0.05, 0.1) is 0 Å². The first-order valence-electron chi connectivity index (χ1n) is 7.72. The first-order valence-corrected chi connectivity index (χ1v) is 7.72. The molecule has 0 aromatic rings. The van der Waals surface area contributed by atoms with Crippen LogP contribution in [0.3, 0.4) is 0 Å². The number of carbonyl (C=O) groups is 1. The van der Waals surface area contributed by atoms with E-state index in [-0.39, 0.29) is 0 Å². The maximum absolute atomic E-state index is 12.1. The predicted molar refractivity (Wildman–Crippen MR) is 74.5 cm³/mol. The lowest BCUT2D eigenvalue weighted by atomic mass is 9.98. The highest BCUT2D eigenvalue weighted by Gasteiger charge is 2.36. The summed E-state index contributed by atoms with van der Waals surface area (Å²) in [7, 11) is 2.01. The first kappa shape index (κ1) is 13.9. The van der Waals surface area contributed by atoms with Crippen LogP contribution in [0.15, 0.2) is 0 Å². The second-order valence-electron chi connectivity index (χ2n) is 6.08. The van der Waals surface area contributed by atoms with Crippen molar-refractivity contribution in [3.8, 4) is 0 Å². The molecular weight excluding hydrogens is 224 g/mol. The fourth-order valence-corrected chi connectivity index (χ4v) is 3.43. The molecular formula is C15H28N2O. The Labute approximate surface area is 111 Å². The van der Waals surface area contributed by atoms with E-state index in [4.69, 9.17) is 0 Å². The number of nitrogens with one attached hydrogen (secondary N) is 1. The molecule has 0 aliphatic carbocycles. The molecule has 0 spiro atoms. The van der Waals surface area contributed by atoms with E-state index in [1.54, 1.807) is 0 Å². The molecule has 0 aromatic carbocycles. The molecule has 1 amide bonds. The number of rotatable bonds is 6. The molecule has 0 aromatic heterocycles. The van der Waals surface area contributed by atoms with Crippen LogP contribution in [0.5, 0.6) is 0 Å². The highest BCUT2D eigenvalue weighted by atomic mass is 16.2. The molecule has 0 saturated carbocycles. The van der Waals surface area contributed by atoms with Crippen molar-refractivity contribution in [2.45, 2.75) is 82.8 Å². The van der Waals surface area contributed by atoms with Crippen molar-refractivity contribution in [2.24, 2.45) is 0 Å². The lowest BCUT2D eigenvalue weighted by molar-refractivity contribution is -0.132. The number of amides is 1. The second kappa shape index (κ2) is 6.55. The SMILES string of the molecule is CCCCCCC(=O)N(C)C1CC2CCC(C1)N2. The van der Waals surface area contributed by atoms with E-state index < -0.39 is 0 Å². The number of hydrogen-bond acceptors (Lipinski definition) is 2. The van der Waals surface area contributed by atoms with Gasteiger partial charge in [-0.05, 0) is 32.1 Å². The van der Waals surface area contributed by atoms with E-state index in [9.17, 15) is 4.79 Å². The minimum absolute atomic E-state index is 0.359. The van der Waals surface area contributed by atoms with E-state index in [0.717, 1.165) is 25.7 Å². The summed E-state index contributed by atoms with van der Waals surface area (Å²) in [6.07, 6.45) is 10.4. The molecule has 3 heteroatoms. The van der Waals surface area contributed by atoms with E-state index in [1.165, 1.54) is 32.1 Å². The van der Waals surface area contributed by atoms with Crippen LogP contribution >= 0.6 is 0 Å². The van der Waals surface area contributed by atoms with Crippen molar-refractivity contribution in [2.75, 3.05) is 7.05 Å². The zero-order valence-corrected chi connectivity index (χ0v) is 12.0. The number of carbonyl (C=O) groups excluding carboxylic acids is 1. The fourth-order valence-electron chi connectivity index (χ4n) is 3.43. The van der Waals surface area contributed by atoms with Crippen molar-refractivity contribution < 1.29 is 4.79 Å². The molecule has 104 valence electrons. The van der Waals surface area contributed by atoms with Crippen molar-refractivity contribution in [1.29, 1.82) is 0 Å². The van der Waals surface area contributed by atoms with Gasteiger partial charge < -0.3 is 10.2 Å². The summed E-state index contributed by atoms with van der Waals surface area (Å²) in [6.45, 7) is 2.21. The lowest BCUT2D eigenvalue weighted by Crippen LogP contribution is -2.48. The van der Waals surface area contributed by atoms with Crippen molar-refractivity contribution >= 4 is 5.91 Å². The number of hydrogen-bond donors (Lipinski definition) is 1. The van der Waals surface area contributed by atoms with Crippen molar-refractivity contribution in [3.05, 3.63) is 0 Å². The number of fused-ring (bicyclic) bond motifs is 2. The summed E-state index contributed by atoms with van der Waals surface area (Å²) in [5.74, 6) is 0.359. The highest BCUT2D eigenvalue weighted by molar-refractivity contribution is 5.76. The van der Waals surface area contributed by atoms with Gasteiger partial charge in [-0.1, -0.05) is 26.2 Å². The van der Waals surface area contributed by atoms with Gasteiger partial charge in [0.1, 0.15) is 0 Å². The van der Waals surface area contributed by atoms with E-state index >= 15 is 0 Å². The fraction of sp³-hybridized carbons (Fsp3) is 0.933. The second-order valence-corrected chi connectivity index (χ2v) is 6.08. The molecule has 2 fully saturated rings. The van der Waals surface area contributed by atoms with Gasteiger partial charge in [0.15, 0.2) is 0 Å². The minimum atomic E-state index is 0.359. The lowest BCUT2D eigenvalue weighted by Gasteiger charge is -2.35. The van der Waals surface area contributed by atoms with E-state index in [2.05, 4.69) is 12.2 Å². The van der Waals surface area contributed by atoms with Crippen LogP contribution in [0, 0.1) is 0 Å². The van der Waals surface area contributed by atoms with Crippen molar-refractivity contribution in [1.82, 2.24) is 10.2 Å². The Morgan fingerprint density at radius 1 is 1.17 bits per heavy atom. The Balaban J connectivity index is 1.72. The predicted octanol–water partition coefficient (Wildman–Crippen LogP) is 2.70. The number of nitrogens with zero attached hydrogens (tertiary/aromatic N) is 1. The summed E-state index contributed by atoms with van der Waals surface area (Å²) >= 11 is 0. The standard InChI is InChI=1S/C15H28N2O/c1-3-4-5-6-7-15(18)17(2)14-10-12-8-9-13(11-14)16-12/h12-14,16H,3-11H2,1-2H3. The molecule has 2 rings (SSSR count). The third-order valence-electron chi connectivity index (χ3n) is 4.63.